The van der Waals surface area contributed by atoms with Gasteiger partial charge in [-0.2, -0.15) is 0 Å². The molecule has 0 atom stereocenters. The average Bonchev–Trinajstić information content (AvgIpc) is 2.40. The molecule has 2 rings (SSSR count). The van der Waals surface area contributed by atoms with Crippen LogP contribution in [0.25, 0.3) is 0 Å². The molecule has 2 aromatic rings. The van der Waals surface area contributed by atoms with Gasteiger partial charge in [0.1, 0.15) is 10.7 Å². The zero-order valence-electron chi connectivity index (χ0n) is 11.7. The molecule has 0 fully saturated rings. The molecule has 1 aromatic heterocycles. The summed E-state index contributed by atoms with van der Waals surface area (Å²) in [5.41, 5.74) is 9.32. The van der Waals surface area contributed by atoms with Crippen molar-refractivity contribution in [3.8, 4) is 0 Å². The predicted octanol–water partition coefficient (Wildman–Crippen LogP) is 3.12. The van der Waals surface area contributed by atoms with Crippen molar-refractivity contribution in [3.63, 3.8) is 0 Å². The summed E-state index contributed by atoms with van der Waals surface area (Å²) in [6.45, 7) is 4.05. The van der Waals surface area contributed by atoms with Gasteiger partial charge >= 0.3 is 0 Å². The summed E-state index contributed by atoms with van der Waals surface area (Å²) < 4.78 is 0. The van der Waals surface area contributed by atoms with E-state index in [2.05, 4.69) is 28.3 Å². The van der Waals surface area contributed by atoms with Crippen LogP contribution in [-0.2, 0) is 6.42 Å². The highest BCUT2D eigenvalue weighted by Gasteiger charge is 2.07. The van der Waals surface area contributed by atoms with Gasteiger partial charge in [-0.05, 0) is 31.0 Å². The van der Waals surface area contributed by atoms with E-state index in [0.717, 1.165) is 24.2 Å². The number of nitrogens with zero attached hydrogens (tertiary/aromatic N) is 2. The number of nitrogens with two attached hydrogens (primary N) is 1. The molecule has 0 spiro atoms. The molecule has 1 heterocycles. The summed E-state index contributed by atoms with van der Waals surface area (Å²) in [5.74, 6) is 0.524. The van der Waals surface area contributed by atoms with Crippen LogP contribution in [0.1, 0.15) is 30.3 Å². The first kappa shape index (κ1) is 14.4. The number of thiocarbonyl (C=S) groups is 1. The minimum Gasteiger partial charge on any atom is -0.388 e. The Bertz CT molecular complexity index is 625. The summed E-state index contributed by atoms with van der Waals surface area (Å²) in [7, 11) is 0. The van der Waals surface area contributed by atoms with Gasteiger partial charge in [-0.1, -0.05) is 43.8 Å². The number of hydrogen-bond donors (Lipinski definition) is 2. The largest absolute Gasteiger partial charge is 0.388 e. The Kier molecular flexibility index (Phi) is 4.63. The van der Waals surface area contributed by atoms with Crippen LogP contribution in [0.2, 0.25) is 0 Å². The molecule has 0 unspecified atom stereocenters. The lowest BCUT2D eigenvalue weighted by Crippen LogP contribution is -2.14. The highest BCUT2D eigenvalue weighted by Crippen LogP contribution is 2.20. The van der Waals surface area contributed by atoms with Crippen molar-refractivity contribution in [2.24, 2.45) is 5.73 Å². The second-order valence-corrected chi connectivity index (χ2v) is 5.05. The normalized spacial score (nSPS) is 10.3. The molecule has 0 saturated heterocycles. The van der Waals surface area contributed by atoms with E-state index in [0.29, 0.717) is 11.6 Å². The number of para-hydroxylation sites is 1. The maximum Gasteiger partial charge on any atom is 0.228 e. The van der Waals surface area contributed by atoms with Crippen molar-refractivity contribution in [3.05, 3.63) is 47.3 Å². The minimum atomic E-state index is 0.278. The molecule has 0 aliphatic carbocycles. The summed E-state index contributed by atoms with van der Waals surface area (Å²) in [5, 5.41) is 3.26. The summed E-state index contributed by atoms with van der Waals surface area (Å²) in [6, 6.07) is 9.94. The van der Waals surface area contributed by atoms with Crippen LogP contribution in [0, 0.1) is 6.92 Å². The maximum absolute atomic E-state index is 5.64. The van der Waals surface area contributed by atoms with Gasteiger partial charge in [0.2, 0.25) is 5.95 Å². The molecule has 4 nitrogen and oxygen atoms in total. The standard InChI is InChI=1S/C15H18N4S/c1-3-6-11-7-4-5-8-12(11)18-15-17-10(2)9-13(19-15)14(16)20/h4-5,7-9H,3,6H2,1-2H3,(H2,16,20)(H,17,18,19). The van der Waals surface area contributed by atoms with Crippen LogP contribution in [0.5, 0.6) is 0 Å². The average molecular weight is 286 g/mol. The van der Waals surface area contributed by atoms with Gasteiger partial charge in [0.15, 0.2) is 0 Å². The lowest BCUT2D eigenvalue weighted by molar-refractivity contribution is 0.922. The van der Waals surface area contributed by atoms with Gasteiger partial charge in [-0.3, -0.25) is 0 Å². The quantitative estimate of drug-likeness (QED) is 0.827. The second-order valence-electron chi connectivity index (χ2n) is 4.61. The Morgan fingerprint density at radius 3 is 2.75 bits per heavy atom. The van der Waals surface area contributed by atoms with Crippen molar-refractivity contribution in [1.29, 1.82) is 0 Å². The topological polar surface area (TPSA) is 63.8 Å². The summed E-state index contributed by atoms with van der Waals surface area (Å²) >= 11 is 4.97. The molecular weight excluding hydrogens is 268 g/mol. The third-order valence-electron chi connectivity index (χ3n) is 2.89. The second kappa shape index (κ2) is 6.43. The molecule has 0 bridgehead atoms. The molecule has 0 amide bonds. The Morgan fingerprint density at radius 1 is 1.30 bits per heavy atom. The number of nitrogens with one attached hydrogen (secondary N) is 1. The van der Waals surface area contributed by atoms with E-state index >= 15 is 0 Å². The molecule has 104 valence electrons. The number of aryl methyl sites for hydroxylation is 2. The van der Waals surface area contributed by atoms with Gasteiger partial charge < -0.3 is 11.1 Å². The van der Waals surface area contributed by atoms with Crippen molar-refractivity contribution in [1.82, 2.24) is 9.97 Å². The van der Waals surface area contributed by atoms with Gasteiger partial charge in [0.25, 0.3) is 0 Å². The van der Waals surface area contributed by atoms with Gasteiger partial charge in [-0.25, -0.2) is 9.97 Å². The molecule has 5 heteroatoms. The Morgan fingerprint density at radius 2 is 2.05 bits per heavy atom. The van der Waals surface area contributed by atoms with E-state index in [1.165, 1.54) is 5.56 Å². The molecule has 1 aromatic carbocycles. The Labute approximate surface area is 124 Å². The van der Waals surface area contributed by atoms with E-state index in [4.69, 9.17) is 18.0 Å². The smallest absolute Gasteiger partial charge is 0.228 e. The zero-order chi connectivity index (χ0) is 14.5. The predicted molar refractivity (Wildman–Crippen MR) is 86.4 cm³/mol. The zero-order valence-corrected chi connectivity index (χ0v) is 12.5. The number of benzene rings is 1. The first-order chi connectivity index (χ1) is 9.60. The van der Waals surface area contributed by atoms with Gasteiger partial charge in [0.05, 0.1) is 0 Å². The Balaban J connectivity index is 2.32. The van der Waals surface area contributed by atoms with E-state index in [1.807, 2.05) is 25.1 Å². The lowest BCUT2D eigenvalue weighted by Gasteiger charge is -2.11. The highest BCUT2D eigenvalue weighted by atomic mass is 32.1. The molecule has 0 saturated carbocycles. The first-order valence-electron chi connectivity index (χ1n) is 6.60. The number of rotatable bonds is 5. The number of anilines is 2. The van der Waals surface area contributed by atoms with Crippen LogP contribution in [0.4, 0.5) is 11.6 Å². The Hall–Kier alpha value is -2.01. The van der Waals surface area contributed by atoms with Crippen LogP contribution in [0.3, 0.4) is 0 Å². The van der Waals surface area contributed by atoms with E-state index in [1.54, 1.807) is 6.07 Å². The van der Waals surface area contributed by atoms with E-state index in [9.17, 15) is 0 Å². The van der Waals surface area contributed by atoms with Gasteiger partial charge in [0, 0.05) is 11.4 Å². The van der Waals surface area contributed by atoms with Gasteiger partial charge in [-0.15, -0.1) is 0 Å². The molecule has 20 heavy (non-hydrogen) atoms. The van der Waals surface area contributed by atoms with Crippen molar-refractivity contribution in [2.45, 2.75) is 26.7 Å². The minimum absolute atomic E-state index is 0.278. The SMILES string of the molecule is CCCc1ccccc1Nc1nc(C)cc(C(N)=S)n1. The summed E-state index contributed by atoms with van der Waals surface area (Å²) in [4.78, 5) is 8.99. The first-order valence-corrected chi connectivity index (χ1v) is 7.01. The van der Waals surface area contributed by atoms with E-state index in [-0.39, 0.29) is 4.99 Å². The fourth-order valence-corrected chi connectivity index (χ4v) is 2.11. The fourth-order valence-electron chi connectivity index (χ4n) is 2.00. The number of hydrogen-bond acceptors (Lipinski definition) is 4. The molecule has 0 aliphatic heterocycles. The third-order valence-corrected chi connectivity index (χ3v) is 3.10. The van der Waals surface area contributed by atoms with Crippen LogP contribution >= 0.6 is 12.2 Å². The van der Waals surface area contributed by atoms with Crippen LogP contribution < -0.4 is 11.1 Å². The molecule has 3 N–H and O–H groups in total. The van der Waals surface area contributed by atoms with Crippen LogP contribution in [-0.4, -0.2) is 15.0 Å². The van der Waals surface area contributed by atoms with Crippen LogP contribution in [0.15, 0.2) is 30.3 Å². The van der Waals surface area contributed by atoms with Crippen molar-refractivity contribution in [2.75, 3.05) is 5.32 Å². The molecular formula is C15H18N4S. The molecule has 0 aliphatic rings. The highest BCUT2D eigenvalue weighted by molar-refractivity contribution is 7.80. The lowest BCUT2D eigenvalue weighted by atomic mass is 10.1. The summed E-state index contributed by atoms with van der Waals surface area (Å²) in [6.07, 6.45) is 2.10. The van der Waals surface area contributed by atoms with Crippen molar-refractivity contribution < 1.29 is 0 Å². The maximum atomic E-state index is 5.64. The van der Waals surface area contributed by atoms with E-state index < -0.39 is 0 Å². The monoisotopic (exact) mass is 286 g/mol. The van der Waals surface area contributed by atoms with Crippen molar-refractivity contribution >= 4 is 28.8 Å². The third kappa shape index (κ3) is 3.51. The number of aromatic nitrogens is 2. The molecule has 0 radical (unpaired) electrons. The fraction of sp³-hybridized carbons (Fsp3) is 0.267.